The van der Waals surface area contributed by atoms with E-state index in [0.717, 1.165) is 16.3 Å². The van der Waals surface area contributed by atoms with Crippen molar-refractivity contribution in [3.8, 4) is 0 Å². The number of benzene rings is 3. The predicted molar refractivity (Wildman–Crippen MR) is 114 cm³/mol. The van der Waals surface area contributed by atoms with Gasteiger partial charge in [-0.05, 0) is 47.9 Å². The van der Waals surface area contributed by atoms with Crippen molar-refractivity contribution < 1.29 is 18.3 Å². The number of fused-ring (bicyclic) bond motifs is 1. The highest BCUT2D eigenvalue weighted by atomic mass is 32.2. The van der Waals surface area contributed by atoms with Gasteiger partial charge in [-0.25, -0.2) is 8.42 Å². The smallest absolute Gasteiger partial charge is 0.224 e. The maximum Gasteiger partial charge on any atom is 0.224 e. The third kappa shape index (κ3) is 4.83. The summed E-state index contributed by atoms with van der Waals surface area (Å²) in [7, 11) is -3.33. The Balaban J connectivity index is 1.61. The molecule has 0 radical (unpaired) electrons. The van der Waals surface area contributed by atoms with Gasteiger partial charge in [0, 0.05) is 6.54 Å². The number of sulfone groups is 1. The molecule has 29 heavy (non-hydrogen) atoms. The summed E-state index contributed by atoms with van der Waals surface area (Å²) in [6.45, 7) is 3.38. The highest BCUT2D eigenvalue weighted by Crippen LogP contribution is 2.24. The molecule has 152 valence electrons. The first-order chi connectivity index (χ1) is 13.8. The second-order valence-corrected chi connectivity index (χ2v) is 9.81. The molecule has 5 nitrogen and oxygen atoms in total. The lowest BCUT2D eigenvalue weighted by Crippen LogP contribution is -2.29. The fourth-order valence-corrected chi connectivity index (χ4v) is 4.24. The van der Waals surface area contributed by atoms with Crippen molar-refractivity contribution in [1.82, 2.24) is 5.32 Å². The van der Waals surface area contributed by atoms with Gasteiger partial charge in [-0.2, -0.15) is 0 Å². The van der Waals surface area contributed by atoms with Crippen molar-refractivity contribution in [2.75, 3.05) is 6.54 Å². The lowest BCUT2D eigenvalue weighted by atomic mass is 10.0. The Labute approximate surface area is 171 Å². The van der Waals surface area contributed by atoms with E-state index in [-0.39, 0.29) is 23.8 Å². The molecule has 0 aliphatic rings. The first-order valence-electron chi connectivity index (χ1n) is 9.54. The normalized spacial score (nSPS) is 12.8. The average molecular weight is 412 g/mol. The highest BCUT2D eigenvalue weighted by Gasteiger charge is 2.19. The topological polar surface area (TPSA) is 83.5 Å². The van der Waals surface area contributed by atoms with Gasteiger partial charge in [0.15, 0.2) is 9.84 Å². The van der Waals surface area contributed by atoms with Crippen molar-refractivity contribution in [3.05, 3.63) is 77.9 Å². The molecule has 1 unspecified atom stereocenters. The zero-order valence-electron chi connectivity index (χ0n) is 16.5. The number of aliphatic hydroxyl groups is 1. The molecule has 0 aromatic heterocycles. The number of rotatable bonds is 7. The SMILES string of the molecule is CC(C)S(=O)(=O)c1ccc(CC(=O)NCC(O)c2cccc3ccccc23)cc1. The van der Waals surface area contributed by atoms with E-state index in [2.05, 4.69) is 5.32 Å². The maximum absolute atomic E-state index is 12.3. The van der Waals surface area contributed by atoms with Crippen molar-refractivity contribution in [2.24, 2.45) is 0 Å². The zero-order valence-corrected chi connectivity index (χ0v) is 17.3. The summed E-state index contributed by atoms with van der Waals surface area (Å²) in [5, 5.41) is 14.8. The number of hydrogen-bond donors (Lipinski definition) is 2. The number of amides is 1. The molecule has 3 rings (SSSR count). The molecular formula is C23H25NO4S. The van der Waals surface area contributed by atoms with Gasteiger partial charge >= 0.3 is 0 Å². The van der Waals surface area contributed by atoms with Gasteiger partial charge in [0.25, 0.3) is 0 Å². The van der Waals surface area contributed by atoms with Crippen LogP contribution in [0.2, 0.25) is 0 Å². The molecule has 0 aliphatic carbocycles. The van der Waals surface area contributed by atoms with Crippen LogP contribution in [0.15, 0.2) is 71.6 Å². The second-order valence-electron chi connectivity index (χ2n) is 7.30. The molecule has 0 fully saturated rings. The second kappa shape index (κ2) is 8.76. The minimum Gasteiger partial charge on any atom is -0.387 e. The molecule has 0 spiro atoms. The summed E-state index contributed by atoms with van der Waals surface area (Å²) in [4.78, 5) is 12.5. The van der Waals surface area contributed by atoms with Gasteiger partial charge in [-0.3, -0.25) is 4.79 Å². The van der Waals surface area contributed by atoms with Crippen LogP contribution in [0, 0.1) is 0 Å². The van der Waals surface area contributed by atoms with Crippen LogP contribution in [0.1, 0.15) is 31.1 Å². The van der Waals surface area contributed by atoms with E-state index in [1.165, 1.54) is 12.1 Å². The molecule has 1 atom stereocenters. The van der Waals surface area contributed by atoms with Crippen molar-refractivity contribution in [3.63, 3.8) is 0 Å². The zero-order chi connectivity index (χ0) is 21.0. The Morgan fingerprint density at radius 1 is 0.966 bits per heavy atom. The molecule has 3 aromatic carbocycles. The van der Waals surface area contributed by atoms with Gasteiger partial charge in [-0.1, -0.05) is 54.6 Å². The molecule has 0 aliphatic heterocycles. The molecule has 0 saturated heterocycles. The third-order valence-electron chi connectivity index (χ3n) is 4.91. The quantitative estimate of drug-likeness (QED) is 0.624. The Bertz CT molecular complexity index is 1100. The molecule has 0 saturated carbocycles. The molecule has 0 bridgehead atoms. The van der Waals surface area contributed by atoms with Crippen molar-refractivity contribution in [2.45, 2.75) is 36.5 Å². The van der Waals surface area contributed by atoms with Gasteiger partial charge in [0.1, 0.15) is 0 Å². The molecule has 1 amide bonds. The lowest BCUT2D eigenvalue weighted by Gasteiger charge is -2.15. The molecule has 6 heteroatoms. The average Bonchev–Trinajstić information content (AvgIpc) is 2.72. The van der Waals surface area contributed by atoms with Crippen LogP contribution in [0.25, 0.3) is 10.8 Å². The number of nitrogens with one attached hydrogen (secondary N) is 1. The highest BCUT2D eigenvalue weighted by molar-refractivity contribution is 7.92. The summed E-state index contributed by atoms with van der Waals surface area (Å²) in [5.41, 5.74) is 1.48. The number of hydrogen-bond acceptors (Lipinski definition) is 4. The van der Waals surface area contributed by atoms with E-state index in [1.54, 1.807) is 26.0 Å². The van der Waals surface area contributed by atoms with Gasteiger partial charge in [-0.15, -0.1) is 0 Å². The monoisotopic (exact) mass is 411 g/mol. The molecule has 3 aromatic rings. The standard InChI is InChI=1S/C23H25NO4S/c1-16(2)29(27,28)19-12-10-17(11-13-19)14-23(26)24-15-22(25)21-9-5-7-18-6-3-4-8-20(18)21/h3-13,16,22,25H,14-15H2,1-2H3,(H,24,26). The largest absolute Gasteiger partial charge is 0.387 e. The predicted octanol–water partition coefficient (Wildman–Crippen LogP) is 3.41. The Morgan fingerprint density at radius 3 is 2.31 bits per heavy atom. The van der Waals surface area contributed by atoms with Crippen LogP contribution in [0.5, 0.6) is 0 Å². The van der Waals surface area contributed by atoms with Crippen molar-refractivity contribution in [1.29, 1.82) is 0 Å². The summed E-state index contributed by atoms with van der Waals surface area (Å²) < 4.78 is 24.3. The first kappa shape index (κ1) is 21.0. The lowest BCUT2D eigenvalue weighted by molar-refractivity contribution is -0.120. The van der Waals surface area contributed by atoms with E-state index in [1.807, 2.05) is 42.5 Å². The van der Waals surface area contributed by atoms with Crippen LogP contribution in [-0.2, 0) is 21.1 Å². The fraction of sp³-hybridized carbons (Fsp3) is 0.261. The van der Waals surface area contributed by atoms with Crippen LogP contribution in [0.3, 0.4) is 0 Å². The minimum absolute atomic E-state index is 0.104. The fourth-order valence-electron chi connectivity index (χ4n) is 3.18. The summed E-state index contributed by atoms with van der Waals surface area (Å²) in [6.07, 6.45) is -0.701. The van der Waals surface area contributed by atoms with Crippen LogP contribution < -0.4 is 5.32 Å². The van der Waals surface area contributed by atoms with E-state index >= 15 is 0 Å². The molecule has 0 heterocycles. The number of carbonyl (C=O) groups is 1. The van der Waals surface area contributed by atoms with E-state index in [0.29, 0.717) is 5.56 Å². The number of aliphatic hydroxyl groups excluding tert-OH is 1. The summed E-state index contributed by atoms with van der Waals surface area (Å²) in [5.74, 6) is -0.233. The van der Waals surface area contributed by atoms with Crippen LogP contribution in [-0.4, -0.2) is 31.2 Å². The van der Waals surface area contributed by atoms with Gasteiger partial charge in [0.2, 0.25) is 5.91 Å². The molecule has 2 N–H and O–H groups in total. The maximum atomic E-state index is 12.3. The third-order valence-corrected chi connectivity index (χ3v) is 7.08. The van der Waals surface area contributed by atoms with E-state index in [9.17, 15) is 18.3 Å². The Hall–Kier alpha value is -2.70. The van der Waals surface area contributed by atoms with E-state index in [4.69, 9.17) is 0 Å². The van der Waals surface area contributed by atoms with E-state index < -0.39 is 21.2 Å². The minimum atomic E-state index is -3.33. The molecular weight excluding hydrogens is 386 g/mol. The van der Waals surface area contributed by atoms with Crippen molar-refractivity contribution >= 4 is 26.5 Å². The summed E-state index contributed by atoms with van der Waals surface area (Å²) >= 11 is 0. The Kier molecular flexibility index (Phi) is 6.35. The van der Waals surface area contributed by atoms with Crippen LogP contribution in [0.4, 0.5) is 0 Å². The van der Waals surface area contributed by atoms with Gasteiger partial charge < -0.3 is 10.4 Å². The van der Waals surface area contributed by atoms with Gasteiger partial charge in [0.05, 0.1) is 22.7 Å². The summed E-state index contributed by atoms with van der Waals surface area (Å²) in [6, 6.07) is 19.9. The first-order valence-corrected chi connectivity index (χ1v) is 11.1. The van der Waals surface area contributed by atoms with Crippen LogP contribution >= 0.6 is 0 Å². The number of carbonyl (C=O) groups excluding carboxylic acids is 1. The Morgan fingerprint density at radius 2 is 1.62 bits per heavy atom.